The molecule has 1 saturated heterocycles. The molecular weight excluding hydrogens is 312 g/mol. The number of rotatable bonds is 3. The molecule has 0 radical (unpaired) electrons. The molecule has 0 saturated carbocycles. The second-order valence-electron chi connectivity index (χ2n) is 7.31. The molecule has 3 aromatic heterocycles. The largest absolute Gasteiger partial charge is 0.345 e. The van der Waals surface area contributed by atoms with Crippen molar-refractivity contribution in [3.8, 4) is 0 Å². The first-order chi connectivity index (χ1) is 12.1. The monoisotopic (exact) mass is 339 g/mol. The molecule has 1 aliphatic heterocycles. The zero-order chi connectivity index (χ0) is 17.6. The van der Waals surface area contributed by atoms with E-state index in [2.05, 4.69) is 42.9 Å². The average Bonchev–Trinajstić information content (AvgIpc) is 2.93. The van der Waals surface area contributed by atoms with E-state index >= 15 is 0 Å². The van der Waals surface area contributed by atoms with Crippen molar-refractivity contribution in [2.45, 2.75) is 33.6 Å². The minimum absolute atomic E-state index is 0.805. The van der Waals surface area contributed by atoms with Crippen LogP contribution in [0.5, 0.6) is 0 Å². The van der Waals surface area contributed by atoms with Gasteiger partial charge in [-0.05, 0) is 31.9 Å². The molecule has 1 aliphatic rings. The first-order valence-corrected chi connectivity index (χ1v) is 9.29. The lowest BCUT2D eigenvalue weighted by Gasteiger charge is -2.31. The molecule has 25 heavy (non-hydrogen) atoms. The van der Waals surface area contributed by atoms with Gasteiger partial charge in [0.1, 0.15) is 5.82 Å². The van der Waals surface area contributed by atoms with E-state index < -0.39 is 0 Å². The van der Waals surface area contributed by atoms with Gasteiger partial charge in [0, 0.05) is 17.5 Å². The maximum atomic E-state index is 4.94. The summed E-state index contributed by atoms with van der Waals surface area (Å²) in [6.07, 6.45) is 2.09. The Balaban J connectivity index is 1.95. The molecule has 3 aromatic rings. The maximum absolute atomic E-state index is 4.94. The van der Waals surface area contributed by atoms with Crippen molar-refractivity contribution < 1.29 is 4.90 Å². The highest BCUT2D eigenvalue weighted by Crippen LogP contribution is 2.26. The Morgan fingerprint density at radius 1 is 1.12 bits per heavy atom. The highest BCUT2D eigenvalue weighted by atomic mass is 15.4. The van der Waals surface area contributed by atoms with Crippen LogP contribution >= 0.6 is 0 Å². The minimum Gasteiger partial charge on any atom is -0.345 e. The van der Waals surface area contributed by atoms with Crippen LogP contribution in [0.3, 0.4) is 0 Å². The molecule has 6 nitrogen and oxygen atoms in total. The molecule has 1 N–H and O–H groups in total. The van der Waals surface area contributed by atoms with Gasteiger partial charge in [-0.25, -0.2) is 9.97 Å². The fraction of sp³-hybridized carbons (Fsp3) is 0.526. The van der Waals surface area contributed by atoms with Crippen molar-refractivity contribution in [3.05, 3.63) is 29.1 Å². The Morgan fingerprint density at radius 2 is 1.88 bits per heavy atom. The molecule has 0 bridgehead atoms. The molecule has 0 atom stereocenters. The summed E-state index contributed by atoms with van der Waals surface area (Å²) >= 11 is 0. The molecule has 0 amide bonds. The number of fused-ring (bicyclic) bond motifs is 3. The van der Waals surface area contributed by atoms with E-state index in [1.165, 1.54) is 5.56 Å². The Bertz CT molecular complexity index is 921. The van der Waals surface area contributed by atoms with E-state index in [9.17, 15) is 0 Å². The number of hydrogen-bond acceptors (Lipinski definition) is 4. The molecule has 0 spiro atoms. The van der Waals surface area contributed by atoms with Gasteiger partial charge < -0.3 is 9.80 Å². The smallest absolute Gasteiger partial charge is 0.184 e. The Morgan fingerprint density at radius 3 is 2.60 bits per heavy atom. The van der Waals surface area contributed by atoms with Gasteiger partial charge in [-0.15, -0.1) is 5.10 Å². The summed E-state index contributed by atoms with van der Waals surface area (Å²) in [5, 5.41) is 5.91. The molecule has 0 aliphatic carbocycles. The van der Waals surface area contributed by atoms with Crippen molar-refractivity contribution in [3.63, 3.8) is 0 Å². The molecule has 132 valence electrons. The van der Waals surface area contributed by atoms with Gasteiger partial charge in [-0.1, -0.05) is 13.3 Å². The number of aryl methyl sites for hydroxylation is 3. The van der Waals surface area contributed by atoms with Crippen LogP contribution in [-0.2, 0) is 6.42 Å². The quantitative estimate of drug-likeness (QED) is 0.779. The van der Waals surface area contributed by atoms with Crippen LogP contribution in [-0.4, -0.2) is 52.8 Å². The molecule has 0 unspecified atom stereocenters. The third kappa shape index (κ3) is 2.84. The van der Waals surface area contributed by atoms with Crippen LogP contribution in [0.4, 0.5) is 5.82 Å². The molecule has 1 fully saturated rings. The summed E-state index contributed by atoms with van der Waals surface area (Å²) in [6.45, 7) is 10.8. The average molecular weight is 339 g/mol. The van der Waals surface area contributed by atoms with E-state index in [0.717, 1.165) is 72.9 Å². The first-order valence-electron chi connectivity index (χ1n) is 9.29. The molecule has 4 heterocycles. The fourth-order valence-corrected chi connectivity index (χ4v) is 3.78. The lowest BCUT2D eigenvalue weighted by molar-refractivity contribution is -0.880. The third-order valence-electron chi connectivity index (χ3n) is 5.15. The predicted molar refractivity (Wildman–Crippen MR) is 101 cm³/mol. The van der Waals surface area contributed by atoms with Gasteiger partial charge in [0.2, 0.25) is 0 Å². The fourth-order valence-electron chi connectivity index (χ4n) is 3.78. The summed E-state index contributed by atoms with van der Waals surface area (Å²) in [5.74, 6) is 1.16. The van der Waals surface area contributed by atoms with Gasteiger partial charge >= 0.3 is 0 Å². The van der Waals surface area contributed by atoms with Crippen LogP contribution < -0.4 is 9.80 Å². The standard InChI is InChI=1S/C19H26N6/c1-5-6-15-12-16(24-9-7-23(4)8-10-24)25-19(21-15)17-13(2)11-14(3)20-18(17)22-25/h11-12H,5-10H2,1-4H3/p+1. The number of nitrogens with zero attached hydrogens (tertiary/aromatic N) is 5. The summed E-state index contributed by atoms with van der Waals surface area (Å²) in [5.41, 5.74) is 5.12. The molecule has 6 heteroatoms. The van der Waals surface area contributed by atoms with Crippen molar-refractivity contribution >= 4 is 22.5 Å². The molecular formula is C19H27N6+. The van der Waals surface area contributed by atoms with E-state index in [-0.39, 0.29) is 0 Å². The zero-order valence-electron chi connectivity index (χ0n) is 15.6. The summed E-state index contributed by atoms with van der Waals surface area (Å²) in [6, 6.07) is 4.35. The summed E-state index contributed by atoms with van der Waals surface area (Å²) < 4.78 is 2.02. The number of aromatic nitrogens is 4. The number of piperazine rings is 1. The van der Waals surface area contributed by atoms with Crippen molar-refractivity contribution in [2.75, 3.05) is 38.1 Å². The maximum Gasteiger partial charge on any atom is 0.184 e. The molecule has 0 aromatic carbocycles. The first kappa shape index (κ1) is 16.3. The second kappa shape index (κ2) is 6.26. The number of hydrogen-bond donors (Lipinski definition) is 1. The van der Waals surface area contributed by atoms with Crippen LogP contribution in [0.25, 0.3) is 16.7 Å². The highest BCUT2D eigenvalue weighted by molar-refractivity contribution is 5.93. The lowest BCUT2D eigenvalue weighted by atomic mass is 10.1. The third-order valence-corrected chi connectivity index (χ3v) is 5.15. The van der Waals surface area contributed by atoms with E-state index in [4.69, 9.17) is 10.1 Å². The molecule has 4 rings (SSSR count). The number of anilines is 1. The zero-order valence-corrected chi connectivity index (χ0v) is 15.6. The SMILES string of the molecule is CCCc1cc(N2CC[NH+](C)CC2)n2nc3nc(C)cc(C)c3c2n1. The van der Waals surface area contributed by atoms with Gasteiger partial charge in [-0.3, -0.25) is 0 Å². The Hall–Kier alpha value is -2.21. The summed E-state index contributed by atoms with van der Waals surface area (Å²) in [4.78, 5) is 13.6. The summed E-state index contributed by atoms with van der Waals surface area (Å²) in [7, 11) is 2.26. The van der Waals surface area contributed by atoms with Gasteiger partial charge in [0.25, 0.3) is 0 Å². The number of quaternary nitrogens is 1. The highest BCUT2D eigenvalue weighted by Gasteiger charge is 2.22. The predicted octanol–water partition coefficient (Wildman–Crippen LogP) is 1.18. The minimum atomic E-state index is 0.805. The van der Waals surface area contributed by atoms with Crippen LogP contribution in [0, 0.1) is 13.8 Å². The number of likely N-dealkylation sites (N-methyl/N-ethyl adjacent to an activating group) is 1. The lowest BCUT2D eigenvalue weighted by Crippen LogP contribution is -3.12. The van der Waals surface area contributed by atoms with Crippen LogP contribution in [0.1, 0.15) is 30.3 Å². The number of pyridine rings is 1. The van der Waals surface area contributed by atoms with Gasteiger partial charge in [0.15, 0.2) is 11.3 Å². The Labute approximate surface area is 148 Å². The van der Waals surface area contributed by atoms with Crippen molar-refractivity contribution in [2.24, 2.45) is 0 Å². The topological polar surface area (TPSA) is 50.8 Å². The normalized spacial score (nSPS) is 16.2. The number of nitrogens with one attached hydrogen (secondary N) is 1. The van der Waals surface area contributed by atoms with Crippen molar-refractivity contribution in [1.82, 2.24) is 19.6 Å². The van der Waals surface area contributed by atoms with E-state index in [0.29, 0.717) is 0 Å². The van der Waals surface area contributed by atoms with E-state index in [1.807, 2.05) is 11.4 Å². The van der Waals surface area contributed by atoms with Crippen LogP contribution in [0.2, 0.25) is 0 Å². The van der Waals surface area contributed by atoms with E-state index in [1.54, 1.807) is 4.90 Å². The van der Waals surface area contributed by atoms with Crippen molar-refractivity contribution in [1.29, 1.82) is 0 Å². The van der Waals surface area contributed by atoms with Crippen LogP contribution in [0.15, 0.2) is 12.1 Å². The van der Waals surface area contributed by atoms with Gasteiger partial charge in [0.05, 0.1) is 38.6 Å². The van der Waals surface area contributed by atoms with Gasteiger partial charge in [-0.2, -0.15) is 4.52 Å². The second-order valence-corrected chi connectivity index (χ2v) is 7.31. The Kier molecular flexibility index (Phi) is 4.07.